The molecule has 2 nitrogen and oxygen atoms in total. The Bertz CT molecular complexity index is 298. The van der Waals surface area contributed by atoms with E-state index in [0.717, 1.165) is 26.7 Å². The summed E-state index contributed by atoms with van der Waals surface area (Å²) >= 11 is 10.8. The van der Waals surface area contributed by atoms with E-state index >= 15 is 0 Å². The molecule has 13 heavy (non-hydrogen) atoms. The quantitative estimate of drug-likeness (QED) is 0.859. The Morgan fingerprint density at radius 3 is 2.92 bits per heavy atom. The zero-order valence-corrected chi connectivity index (χ0v) is 9.95. The van der Waals surface area contributed by atoms with Gasteiger partial charge in [0.2, 0.25) is 0 Å². The molecule has 2 unspecified atom stereocenters. The summed E-state index contributed by atoms with van der Waals surface area (Å²) in [5.41, 5.74) is 5.89. The minimum absolute atomic E-state index is 0.0359. The van der Waals surface area contributed by atoms with E-state index in [1.54, 1.807) is 0 Å². The van der Waals surface area contributed by atoms with Crippen LogP contribution in [0.25, 0.3) is 0 Å². The van der Waals surface area contributed by atoms with E-state index in [1.807, 2.05) is 6.07 Å². The van der Waals surface area contributed by atoms with E-state index in [-0.39, 0.29) is 12.1 Å². The van der Waals surface area contributed by atoms with Crippen LogP contribution in [-0.2, 0) is 4.74 Å². The second kappa shape index (κ2) is 3.87. The number of hydrogen-bond donors (Lipinski definition) is 1. The maximum absolute atomic E-state index is 5.93. The first-order valence-electron chi connectivity index (χ1n) is 4.00. The van der Waals surface area contributed by atoms with Crippen LogP contribution in [0.3, 0.4) is 0 Å². The predicted octanol–water partition coefficient (Wildman–Crippen LogP) is 2.95. The van der Waals surface area contributed by atoms with Crippen molar-refractivity contribution in [2.45, 2.75) is 18.6 Å². The maximum atomic E-state index is 5.93. The van der Waals surface area contributed by atoms with Gasteiger partial charge in [0.05, 0.1) is 0 Å². The van der Waals surface area contributed by atoms with Crippen LogP contribution >= 0.6 is 38.9 Å². The van der Waals surface area contributed by atoms with Crippen LogP contribution in [0.1, 0.15) is 17.4 Å². The highest BCUT2D eigenvalue weighted by atomic mass is 79.9. The molecule has 2 N–H and O–H groups in total. The van der Waals surface area contributed by atoms with Gasteiger partial charge in [0.15, 0.2) is 0 Å². The van der Waals surface area contributed by atoms with Gasteiger partial charge in [-0.3, -0.25) is 0 Å². The second-order valence-corrected chi connectivity index (χ2v) is 5.55. The van der Waals surface area contributed by atoms with E-state index in [0.29, 0.717) is 0 Å². The van der Waals surface area contributed by atoms with Crippen molar-refractivity contribution in [1.29, 1.82) is 0 Å². The Morgan fingerprint density at radius 1 is 1.69 bits per heavy atom. The highest BCUT2D eigenvalue weighted by Crippen LogP contribution is 2.39. The lowest BCUT2D eigenvalue weighted by atomic mass is 10.1. The maximum Gasteiger partial charge on any atom is 0.107 e. The summed E-state index contributed by atoms with van der Waals surface area (Å²) in [6.07, 6.45) is 0.964. The van der Waals surface area contributed by atoms with Crippen LogP contribution in [0.2, 0.25) is 4.34 Å². The first-order chi connectivity index (χ1) is 6.18. The molecule has 0 bridgehead atoms. The molecule has 0 radical (unpaired) electrons. The molecule has 0 aliphatic carbocycles. The molecule has 72 valence electrons. The van der Waals surface area contributed by atoms with Crippen molar-refractivity contribution in [2.75, 3.05) is 6.61 Å². The third-order valence-electron chi connectivity index (χ3n) is 2.08. The van der Waals surface area contributed by atoms with Gasteiger partial charge in [-0.15, -0.1) is 11.3 Å². The highest BCUT2D eigenvalue weighted by Gasteiger charge is 2.28. The molecule has 1 saturated heterocycles. The van der Waals surface area contributed by atoms with Gasteiger partial charge in [-0.05, 0) is 28.4 Å². The van der Waals surface area contributed by atoms with Gasteiger partial charge >= 0.3 is 0 Å². The molecule has 1 aliphatic rings. The molecule has 1 aliphatic heterocycles. The van der Waals surface area contributed by atoms with Gasteiger partial charge in [0.1, 0.15) is 10.4 Å². The van der Waals surface area contributed by atoms with Gasteiger partial charge < -0.3 is 10.5 Å². The fourth-order valence-corrected chi connectivity index (χ4v) is 3.26. The molecule has 0 amide bonds. The molecule has 2 heterocycles. The van der Waals surface area contributed by atoms with Crippen LogP contribution in [-0.4, -0.2) is 12.6 Å². The van der Waals surface area contributed by atoms with Crippen molar-refractivity contribution in [3.05, 3.63) is 19.8 Å². The smallest absolute Gasteiger partial charge is 0.107 e. The molecule has 5 heteroatoms. The van der Waals surface area contributed by atoms with E-state index in [4.69, 9.17) is 22.1 Å². The minimum atomic E-state index is 0.0359. The number of rotatable bonds is 1. The zero-order chi connectivity index (χ0) is 9.42. The summed E-state index contributed by atoms with van der Waals surface area (Å²) in [6.45, 7) is 0.749. The average Bonchev–Trinajstić information content (AvgIpc) is 2.60. The first-order valence-corrected chi connectivity index (χ1v) is 5.99. The van der Waals surface area contributed by atoms with E-state index in [1.165, 1.54) is 11.3 Å². The third-order valence-corrected chi connectivity index (χ3v) is 4.62. The number of nitrogens with two attached hydrogens (primary N) is 1. The van der Waals surface area contributed by atoms with E-state index < -0.39 is 0 Å². The molecule has 0 aromatic carbocycles. The van der Waals surface area contributed by atoms with Crippen molar-refractivity contribution < 1.29 is 4.74 Å². The van der Waals surface area contributed by atoms with Gasteiger partial charge in [0.25, 0.3) is 0 Å². The SMILES string of the molecule is NC1CCOC1c1cc(Br)c(Cl)s1. The van der Waals surface area contributed by atoms with Crippen LogP contribution in [0, 0.1) is 0 Å². The average molecular weight is 283 g/mol. The van der Waals surface area contributed by atoms with Crippen molar-refractivity contribution >= 4 is 38.9 Å². The van der Waals surface area contributed by atoms with E-state index in [2.05, 4.69) is 15.9 Å². The molecule has 2 atom stereocenters. The zero-order valence-electron chi connectivity index (χ0n) is 6.80. The molecular weight excluding hydrogens is 274 g/mol. The lowest BCUT2D eigenvalue weighted by Gasteiger charge is -2.11. The summed E-state index contributed by atoms with van der Waals surface area (Å²) in [4.78, 5) is 1.11. The Morgan fingerprint density at radius 2 is 2.46 bits per heavy atom. The van der Waals surface area contributed by atoms with Gasteiger partial charge in [0, 0.05) is 22.0 Å². The van der Waals surface area contributed by atoms with Gasteiger partial charge in [-0.2, -0.15) is 0 Å². The lowest BCUT2D eigenvalue weighted by molar-refractivity contribution is 0.108. The minimum Gasteiger partial charge on any atom is -0.371 e. The fraction of sp³-hybridized carbons (Fsp3) is 0.500. The number of halogens is 2. The third kappa shape index (κ3) is 1.92. The largest absolute Gasteiger partial charge is 0.371 e. The lowest BCUT2D eigenvalue weighted by Crippen LogP contribution is -2.22. The van der Waals surface area contributed by atoms with Gasteiger partial charge in [-0.1, -0.05) is 11.6 Å². The van der Waals surface area contributed by atoms with Crippen LogP contribution in [0.5, 0.6) is 0 Å². The summed E-state index contributed by atoms with van der Waals surface area (Å²) < 4.78 is 7.21. The summed E-state index contributed by atoms with van der Waals surface area (Å²) in [5, 5.41) is 0. The molecule has 0 saturated carbocycles. The monoisotopic (exact) mass is 281 g/mol. The first kappa shape index (κ1) is 9.93. The molecule has 1 aromatic heterocycles. The summed E-state index contributed by atoms with van der Waals surface area (Å²) in [6, 6.07) is 2.10. The number of thiophene rings is 1. The van der Waals surface area contributed by atoms with Crippen molar-refractivity contribution in [1.82, 2.24) is 0 Å². The molecule has 1 fully saturated rings. The normalized spacial score (nSPS) is 28.2. The summed E-state index contributed by atoms with van der Waals surface area (Å²) in [5.74, 6) is 0. The van der Waals surface area contributed by atoms with Crippen LogP contribution < -0.4 is 5.73 Å². The standard InChI is InChI=1S/C8H9BrClNOS/c9-4-3-6(13-8(4)10)7-5(11)1-2-12-7/h3,5,7H,1-2,11H2. The summed E-state index contributed by atoms with van der Waals surface area (Å²) in [7, 11) is 0. The van der Waals surface area contributed by atoms with Crippen molar-refractivity contribution in [3.63, 3.8) is 0 Å². The van der Waals surface area contributed by atoms with Crippen LogP contribution in [0.4, 0.5) is 0 Å². The Balaban J connectivity index is 2.24. The Hall–Kier alpha value is 0.390. The van der Waals surface area contributed by atoms with E-state index in [9.17, 15) is 0 Å². The van der Waals surface area contributed by atoms with Gasteiger partial charge in [-0.25, -0.2) is 0 Å². The molecular formula is C8H9BrClNOS. The number of ether oxygens (including phenoxy) is 1. The highest BCUT2D eigenvalue weighted by molar-refractivity contribution is 9.10. The molecule has 1 aromatic rings. The Kier molecular flexibility index (Phi) is 2.95. The second-order valence-electron chi connectivity index (χ2n) is 3.01. The van der Waals surface area contributed by atoms with Crippen molar-refractivity contribution in [2.24, 2.45) is 5.73 Å². The topological polar surface area (TPSA) is 35.2 Å². The molecule has 2 rings (SSSR count). The Labute approximate surface area is 94.1 Å². The molecule has 0 spiro atoms. The number of hydrogen-bond acceptors (Lipinski definition) is 3. The van der Waals surface area contributed by atoms with Crippen molar-refractivity contribution in [3.8, 4) is 0 Å². The van der Waals surface area contributed by atoms with Crippen LogP contribution in [0.15, 0.2) is 10.5 Å². The predicted molar refractivity (Wildman–Crippen MR) is 58.3 cm³/mol. The fourth-order valence-electron chi connectivity index (χ4n) is 1.40.